The molecule has 1 amide bonds. The Hall–Kier alpha value is -1.75. The molecule has 1 aromatic carbocycles. The second-order valence-corrected chi connectivity index (χ2v) is 4.40. The molecule has 5 heteroatoms. The van der Waals surface area contributed by atoms with Gasteiger partial charge in [-0.1, -0.05) is 6.07 Å². The van der Waals surface area contributed by atoms with Gasteiger partial charge < -0.3 is 21.5 Å². The van der Waals surface area contributed by atoms with Crippen LogP contribution in [0.15, 0.2) is 18.2 Å². The molecule has 0 aromatic heterocycles. The van der Waals surface area contributed by atoms with Crippen LogP contribution in [0.2, 0.25) is 0 Å². The number of nitrogen functional groups attached to an aromatic ring is 1. The molecule has 0 saturated carbocycles. The average molecular weight is 235 g/mol. The molecular formula is C12H17N3O2. The van der Waals surface area contributed by atoms with Crippen LogP contribution in [0.4, 0.5) is 5.69 Å². The van der Waals surface area contributed by atoms with E-state index >= 15 is 0 Å². The summed E-state index contributed by atoms with van der Waals surface area (Å²) in [7, 11) is 0. The molecule has 0 spiro atoms. The van der Waals surface area contributed by atoms with Crippen molar-refractivity contribution in [2.75, 3.05) is 18.8 Å². The Morgan fingerprint density at radius 3 is 2.94 bits per heavy atom. The minimum absolute atomic E-state index is 0.0240. The lowest BCUT2D eigenvalue weighted by Crippen LogP contribution is -2.45. The van der Waals surface area contributed by atoms with Crippen molar-refractivity contribution in [3.05, 3.63) is 23.8 Å². The summed E-state index contributed by atoms with van der Waals surface area (Å²) in [6.07, 6.45) is 1.84. The van der Waals surface area contributed by atoms with Crippen LogP contribution in [0.1, 0.15) is 23.2 Å². The maximum atomic E-state index is 12.2. The third-order valence-corrected chi connectivity index (χ3v) is 3.04. The molecule has 1 heterocycles. The third-order valence-electron chi connectivity index (χ3n) is 3.04. The van der Waals surface area contributed by atoms with E-state index < -0.39 is 0 Å². The number of carbonyl (C=O) groups is 1. The Morgan fingerprint density at radius 1 is 1.47 bits per heavy atom. The number of benzene rings is 1. The van der Waals surface area contributed by atoms with E-state index in [1.807, 2.05) is 0 Å². The van der Waals surface area contributed by atoms with Gasteiger partial charge in [0.05, 0.1) is 11.3 Å². The number of anilines is 1. The highest BCUT2D eigenvalue weighted by Gasteiger charge is 2.24. The van der Waals surface area contributed by atoms with Crippen molar-refractivity contribution in [2.24, 2.45) is 5.73 Å². The summed E-state index contributed by atoms with van der Waals surface area (Å²) < 4.78 is 0. The van der Waals surface area contributed by atoms with E-state index in [9.17, 15) is 9.90 Å². The summed E-state index contributed by atoms with van der Waals surface area (Å²) in [5.74, 6) is -0.346. The molecule has 2 rings (SSSR count). The fourth-order valence-electron chi connectivity index (χ4n) is 2.10. The number of likely N-dealkylation sites (tertiary alicyclic amines) is 1. The number of carbonyl (C=O) groups excluding carboxylic acids is 1. The molecule has 1 unspecified atom stereocenters. The zero-order valence-electron chi connectivity index (χ0n) is 9.60. The van der Waals surface area contributed by atoms with Gasteiger partial charge in [-0.05, 0) is 25.0 Å². The van der Waals surface area contributed by atoms with Gasteiger partial charge in [0.1, 0.15) is 0 Å². The number of phenols is 1. The predicted octanol–water partition coefficient (Wildman–Crippen LogP) is 0.538. The second kappa shape index (κ2) is 4.63. The number of hydrogen-bond acceptors (Lipinski definition) is 4. The molecule has 1 atom stereocenters. The van der Waals surface area contributed by atoms with E-state index in [1.54, 1.807) is 23.1 Å². The van der Waals surface area contributed by atoms with Crippen molar-refractivity contribution in [1.82, 2.24) is 4.90 Å². The van der Waals surface area contributed by atoms with Crippen LogP contribution in [-0.4, -0.2) is 35.0 Å². The van der Waals surface area contributed by atoms with E-state index in [4.69, 9.17) is 11.5 Å². The van der Waals surface area contributed by atoms with Crippen molar-refractivity contribution >= 4 is 11.6 Å². The average Bonchev–Trinajstić information content (AvgIpc) is 2.32. The summed E-state index contributed by atoms with van der Waals surface area (Å²) in [6, 6.07) is 4.82. The molecule has 1 aromatic rings. The highest BCUT2D eigenvalue weighted by atomic mass is 16.3. The first-order chi connectivity index (χ1) is 8.09. The topological polar surface area (TPSA) is 92.6 Å². The second-order valence-electron chi connectivity index (χ2n) is 4.40. The van der Waals surface area contributed by atoms with Gasteiger partial charge in [-0.2, -0.15) is 0 Å². The number of phenolic OH excluding ortho intramolecular Hbond substituents is 1. The first-order valence-corrected chi connectivity index (χ1v) is 5.72. The van der Waals surface area contributed by atoms with Crippen LogP contribution in [-0.2, 0) is 0 Å². The van der Waals surface area contributed by atoms with E-state index in [1.165, 1.54) is 0 Å². The molecule has 5 nitrogen and oxygen atoms in total. The minimum atomic E-state index is -0.204. The zero-order chi connectivity index (χ0) is 12.4. The predicted molar refractivity (Wildman–Crippen MR) is 65.6 cm³/mol. The summed E-state index contributed by atoms with van der Waals surface area (Å²) in [5.41, 5.74) is 11.9. The van der Waals surface area contributed by atoms with Gasteiger partial charge in [0.15, 0.2) is 5.75 Å². The van der Waals surface area contributed by atoms with Crippen molar-refractivity contribution in [1.29, 1.82) is 0 Å². The SMILES string of the molecule is Nc1cccc(C(=O)N2CCCC(N)C2)c1O. The summed E-state index contributed by atoms with van der Waals surface area (Å²) in [6.45, 7) is 1.22. The minimum Gasteiger partial charge on any atom is -0.505 e. The lowest BCUT2D eigenvalue weighted by Gasteiger charge is -2.31. The summed E-state index contributed by atoms with van der Waals surface area (Å²) >= 11 is 0. The Labute approximate surface area is 100 Å². The number of nitrogens with zero attached hydrogens (tertiary/aromatic N) is 1. The molecular weight excluding hydrogens is 218 g/mol. The van der Waals surface area contributed by atoms with E-state index in [0.717, 1.165) is 12.8 Å². The van der Waals surface area contributed by atoms with Crippen LogP contribution < -0.4 is 11.5 Å². The van der Waals surface area contributed by atoms with Crippen LogP contribution >= 0.6 is 0 Å². The number of aromatic hydroxyl groups is 1. The first kappa shape index (κ1) is 11.7. The van der Waals surface area contributed by atoms with E-state index in [0.29, 0.717) is 13.1 Å². The van der Waals surface area contributed by atoms with Gasteiger partial charge in [-0.15, -0.1) is 0 Å². The van der Waals surface area contributed by atoms with Gasteiger partial charge in [0.25, 0.3) is 5.91 Å². The Bertz CT molecular complexity index is 434. The number of hydrogen-bond donors (Lipinski definition) is 3. The zero-order valence-corrected chi connectivity index (χ0v) is 9.60. The van der Waals surface area contributed by atoms with Crippen LogP contribution in [0.5, 0.6) is 5.75 Å². The Balaban J connectivity index is 2.22. The molecule has 0 radical (unpaired) electrons. The maximum Gasteiger partial charge on any atom is 0.257 e. The van der Waals surface area contributed by atoms with Crippen LogP contribution in [0, 0.1) is 0 Å². The molecule has 0 bridgehead atoms. The fraction of sp³-hybridized carbons (Fsp3) is 0.417. The van der Waals surface area contributed by atoms with Gasteiger partial charge in [0.2, 0.25) is 0 Å². The molecule has 17 heavy (non-hydrogen) atoms. The number of para-hydroxylation sites is 1. The van der Waals surface area contributed by atoms with E-state index in [2.05, 4.69) is 0 Å². The highest BCUT2D eigenvalue weighted by Crippen LogP contribution is 2.26. The Morgan fingerprint density at radius 2 is 2.24 bits per heavy atom. The monoisotopic (exact) mass is 235 g/mol. The molecule has 1 saturated heterocycles. The van der Waals surface area contributed by atoms with Crippen molar-refractivity contribution in [2.45, 2.75) is 18.9 Å². The molecule has 1 fully saturated rings. The van der Waals surface area contributed by atoms with Crippen LogP contribution in [0.3, 0.4) is 0 Å². The third kappa shape index (κ3) is 2.34. The lowest BCUT2D eigenvalue weighted by atomic mass is 10.0. The Kier molecular flexibility index (Phi) is 3.19. The van der Waals surface area contributed by atoms with Gasteiger partial charge >= 0.3 is 0 Å². The van der Waals surface area contributed by atoms with Gasteiger partial charge in [-0.25, -0.2) is 0 Å². The number of amides is 1. The van der Waals surface area contributed by atoms with Gasteiger partial charge in [0, 0.05) is 19.1 Å². The van der Waals surface area contributed by atoms with Crippen molar-refractivity contribution in [3.8, 4) is 5.75 Å². The summed E-state index contributed by atoms with van der Waals surface area (Å²) in [4.78, 5) is 13.8. The molecule has 92 valence electrons. The number of rotatable bonds is 1. The van der Waals surface area contributed by atoms with E-state index in [-0.39, 0.29) is 28.9 Å². The molecule has 1 aliphatic rings. The maximum absolute atomic E-state index is 12.2. The quantitative estimate of drug-likeness (QED) is 0.489. The smallest absolute Gasteiger partial charge is 0.257 e. The van der Waals surface area contributed by atoms with Crippen molar-refractivity contribution < 1.29 is 9.90 Å². The summed E-state index contributed by atoms with van der Waals surface area (Å²) in [5, 5.41) is 9.76. The largest absolute Gasteiger partial charge is 0.505 e. The normalized spacial score (nSPS) is 20.3. The lowest BCUT2D eigenvalue weighted by molar-refractivity contribution is 0.0706. The van der Waals surface area contributed by atoms with Gasteiger partial charge in [-0.3, -0.25) is 4.79 Å². The molecule has 1 aliphatic heterocycles. The molecule has 5 N–H and O–H groups in total. The number of piperidine rings is 1. The first-order valence-electron chi connectivity index (χ1n) is 5.72. The molecule has 0 aliphatic carbocycles. The van der Waals surface area contributed by atoms with Crippen LogP contribution in [0.25, 0.3) is 0 Å². The standard InChI is InChI=1S/C12H17N3O2/c13-8-3-2-6-15(7-8)12(17)9-4-1-5-10(14)11(9)16/h1,4-5,8,16H,2-3,6-7,13-14H2. The highest BCUT2D eigenvalue weighted by molar-refractivity contribution is 5.98. The fourth-order valence-corrected chi connectivity index (χ4v) is 2.10. The number of nitrogens with two attached hydrogens (primary N) is 2. The van der Waals surface area contributed by atoms with Crippen molar-refractivity contribution in [3.63, 3.8) is 0 Å².